The van der Waals surface area contributed by atoms with E-state index in [-0.39, 0.29) is 11.5 Å². The fraction of sp³-hybridized carbons (Fsp3) is 0.294. The average Bonchev–Trinajstić information content (AvgIpc) is 2.61. The molecule has 0 radical (unpaired) electrons. The molecule has 3 rings (SSSR count). The summed E-state index contributed by atoms with van der Waals surface area (Å²) in [5.41, 5.74) is 5.24. The first-order valence-electron chi connectivity index (χ1n) is 6.50. The van der Waals surface area contributed by atoms with Crippen LogP contribution >= 0.6 is 0 Å². The molecule has 0 saturated heterocycles. The second kappa shape index (κ2) is 3.96. The average molecular weight is 238 g/mol. The van der Waals surface area contributed by atoms with E-state index in [1.54, 1.807) is 0 Å². The predicted molar refractivity (Wildman–Crippen MR) is 74.6 cm³/mol. The Balaban J connectivity index is 2.27. The van der Waals surface area contributed by atoms with Crippen LogP contribution in [0.15, 0.2) is 48.5 Å². The quantitative estimate of drug-likeness (QED) is 0.845. The van der Waals surface area contributed by atoms with Gasteiger partial charge in [-0.05, 0) is 35.6 Å². The first-order valence-corrected chi connectivity index (χ1v) is 6.50. The third kappa shape index (κ3) is 1.51. The van der Waals surface area contributed by atoms with Crippen molar-refractivity contribution >= 4 is 0 Å². The number of aliphatic hydroxyl groups is 1. The largest absolute Gasteiger partial charge is 0.393 e. The topological polar surface area (TPSA) is 20.2 Å². The molecule has 0 bridgehead atoms. The molecule has 2 aromatic rings. The molecule has 0 unspecified atom stereocenters. The van der Waals surface area contributed by atoms with E-state index in [0.29, 0.717) is 0 Å². The van der Waals surface area contributed by atoms with E-state index in [2.05, 4.69) is 55.5 Å². The van der Waals surface area contributed by atoms with Crippen LogP contribution in [0.3, 0.4) is 0 Å². The van der Waals surface area contributed by atoms with Crippen molar-refractivity contribution in [2.75, 3.05) is 0 Å². The van der Waals surface area contributed by atoms with Gasteiger partial charge in [0.1, 0.15) is 0 Å². The summed E-state index contributed by atoms with van der Waals surface area (Å²) in [6, 6.07) is 17.1. The minimum atomic E-state index is -0.297. The van der Waals surface area contributed by atoms with Gasteiger partial charge in [-0.15, -0.1) is 0 Å². The number of benzene rings is 2. The molecule has 1 nitrogen and oxygen atoms in total. The zero-order chi connectivity index (χ0) is 12.8. The van der Waals surface area contributed by atoms with E-state index in [9.17, 15) is 5.11 Å². The van der Waals surface area contributed by atoms with Gasteiger partial charge in [-0.1, -0.05) is 55.5 Å². The molecule has 0 aromatic heterocycles. The van der Waals surface area contributed by atoms with Crippen LogP contribution < -0.4 is 0 Å². The molecule has 0 spiro atoms. The summed E-state index contributed by atoms with van der Waals surface area (Å²) in [5, 5.41) is 9.83. The summed E-state index contributed by atoms with van der Waals surface area (Å²) in [6.45, 7) is 4.11. The van der Waals surface area contributed by atoms with Gasteiger partial charge in [0.2, 0.25) is 0 Å². The molecule has 1 N–H and O–H groups in total. The van der Waals surface area contributed by atoms with Crippen LogP contribution in [0.2, 0.25) is 0 Å². The molecule has 1 aliphatic rings. The standard InChI is InChI=1S/C17H18O/c1-12(18)11-17(2)15-9-5-3-7-13(15)14-8-4-6-10-16(14)17/h3-10,12,18H,11H2,1-2H3/t12-/m1/s1. The van der Waals surface area contributed by atoms with Crippen molar-refractivity contribution in [2.45, 2.75) is 31.8 Å². The Labute approximate surface area is 108 Å². The number of aliphatic hydroxyl groups excluding tert-OH is 1. The minimum absolute atomic E-state index is 0.0681. The Hall–Kier alpha value is -1.60. The third-order valence-corrected chi connectivity index (χ3v) is 4.04. The van der Waals surface area contributed by atoms with Gasteiger partial charge in [0.15, 0.2) is 0 Å². The van der Waals surface area contributed by atoms with Crippen molar-refractivity contribution in [1.82, 2.24) is 0 Å². The number of rotatable bonds is 2. The summed E-state index contributed by atoms with van der Waals surface area (Å²) in [7, 11) is 0. The lowest BCUT2D eigenvalue weighted by Crippen LogP contribution is -2.25. The number of hydrogen-bond acceptors (Lipinski definition) is 1. The van der Waals surface area contributed by atoms with Crippen molar-refractivity contribution in [3.05, 3.63) is 59.7 Å². The van der Waals surface area contributed by atoms with Gasteiger partial charge in [0.25, 0.3) is 0 Å². The summed E-state index contributed by atoms with van der Waals surface area (Å²) in [6.07, 6.45) is 0.468. The second-order valence-electron chi connectivity index (χ2n) is 5.48. The highest BCUT2D eigenvalue weighted by Crippen LogP contribution is 2.50. The maximum Gasteiger partial charge on any atom is 0.0523 e. The van der Waals surface area contributed by atoms with E-state index in [0.717, 1.165) is 6.42 Å². The van der Waals surface area contributed by atoms with Crippen molar-refractivity contribution in [2.24, 2.45) is 0 Å². The fourth-order valence-electron chi connectivity index (χ4n) is 3.35. The van der Waals surface area contributed by atoms with Gasteiger partial charge >= 0.3 is 0 Å². The molecular formula is C17H18O. The Morgan fingerprint density at radius 2 is 1.39 bits per heavy atom. The zero-order valence-corrected chi connectivity index (χ0v) is 10.9. The van der Waals surface area contributed by atoms with Crippen LogP contribution in [-0.2, 0) is 5.41 Å². The summed E-state index contributed by atoms with van der Waals surface area (Å²) in [5.74, 6) is 0. The highest BCUT2D eigenvalue weighted by molar-refractivity contribution is 5.80. The van der Waals surface area contributed by atoms with Crippen LogP contribution in [0.25, 0.3) is 11.1 Å². The summed E-state index contributed by atoms with van der Waals surface area (Å²) >= 11 is 0. The Bertz CT molecular complexity index is 538. The van der Waals surface area contributed by atoms with Crippen LogP contribution in [-0.4, -0.2) is 11.2 Å². The Morgan fingerprint density at radius 3 is 1.83 bits per heavy atom. The monoisotopic (exact) mass is 238 g/mol. The van der Waals surface area contributed by atoms with Gasteiger partial charge in [0, 0.05) is 5.41 Å². The summed E-state index contributed by atoms with van der Waals surface area (Å²) in [4.78, 5) is 0. The van der Waals surface area contributed by atoms with Crippen LogP contribution in [0.1, 0.15) is 31.4 Å². The van der Waals surface area contributed by atoms with Crippen molar-refractivity contribution in [3.8, 4) is 11.1 Å². The predicted octanol–water partition coefficient (Wildman–Crippen LogP) is 3.74. The Morgan fingerprint density at radius 1 is 0.944 bits per heavy atom. The lowest BCUT2D eigenvalue weighted by atomic mass is 9.76. The fourth-order valence-corrected chi connectivity index (χ4v) is 3.35. The zero-order valence-electron chi connectivity index (χ0n) is 10.9. The summed E-state index contributed by atoms with van der Waals surface area (Å²) < 4.78 is 0. The van der Waals surface area contributed by atoms with E-state index in [1.165, 1.54) is 22.3 Å². The van der Waals surface area contributed by atoms with E-state index < -0.39 is 0 Å². The molecule has 92 valence electrons. The smallest absolute Gasteiger partial charge is 0.0523 e. The molecule has 1 aliphatic carbocycles. The van der Waals surface area contributed by atoms with Gasteiger partial charge in [-0.25, -0.2) is 0 Å². The first-order chi connectivity index (χ1) is 8.63. The second-order valence-corrected chi connectivity index (χ2v) is 5.48. The molecule has 0 saturated carbocycles. The molecule has 1 atom stereocenters. The molecule has 0 heterocycles. The molecule has 18 heavy (non-hydrogen) atoms. The lowest BCUT2D eigenvalue weighted by molar-refractivity contribution is 0.163. The van der Waals surface area contributed by atoms with Crippen molar-refractivity contribution in [3.63, 3.8) is 0 Å². The maximum absolute atomic E-state index is 9.83. The van der Waals surface area contributed by atoms with Gasteiger partial charge in [-0.2, -0.15) is 0 Å². The molecule has 0 amide bonds. The molecule has 2 aromatic carbocycles. The Kier molecular flexibility index (Phi) is 2.53. The van der Waals surface area contributed by atoms with Crippen molar-refractivity contribution < 1.29 is 5.11 Å². The lowest BCUT2D eigenvalue weighted by Gasteiger charge is -2.28. The SMILES string of the molecule is C[C@@H](O)CC1(C)c2ccccc2-c2ccccc21. The molecule has 0 aliphatic heterocycles. The van der Waals surface area contributed by atoms with Gasteiger partial charge in [0.05, 0.1) is 6.10 Å². The number of fused-ring (bicyclic) bond motifs is 3. The van der Waals surface area contributed by atoms with Gasteiger partial charge in [-0.3, -0.25) is 0 Å². The molecular weight excluding hydrogens is 220 g/mol. The highest BCUT2D eigenvalue weighted by Gasteiger charge is 2.39. The number of hydrogen-bond donors (Lipinski definition) is 1. The maximum atomic E-state index is 9.83. The van der Waals surface area contributed by atoms with Crippen LogP contribution in [0, 0.1) is 0 Å². The molecule has 0 fully saturated rings. The van der Waals surface area contributed by atoms with E-state index >= 15 is 0 Å². The van der Waals surface area contributed by atoms with E-state index in [1.807, 2.05) is 6.92 Å². The van der Waals surface area contributed by atoms with Gasteiger partial charge < -0.3 is 5.11 Å². The van der Waals surface area contributed by atoms with E-state index in [4.69, 9.17) is 0 Å². The van der Waals surface area contributed by atoms with Crippen LogP contribution in [0.5, 0.6) is 0 Å². The van der Waals surface area contributed by atoms with Crippen LogP contribution in [0.4, 0.5) is 0 Å². The third-order valence-electron chi connectivity index (χ3n) is 4.04. The molecule has 1 heteroatoms. The normalized spacial score (nSPS) is 17.1. The van der Waals surface area contributed by atoms with Crippen molar-refractivity contribution in [1.29, 1.82) is 0 Å². The highest BCUT2D eigenvalue weighted by atomic mass is 16.3. The minimum Gasteiger partial charge on any atom is -0.393 e. The first kappa shape index (κ1) is 11.5.